The van der Waals surface area contributed by atoms with Gasteiger partial charge in [0.05, 0.1) is 31.4 Å². The van der Waals surface area contributed by atoms with Gasteiger partial charge in [-0.25, -0.2) is 14.2 Å². The van der Waals surface area contributed by atoms with Crippen LogP contribution in [0.4, 0.5) is 10.1 Å². The summed E-state index contributed by atoms with van der Waals surface area (Å²) in [6.45, 7) is 1.82. The number of halogens is 1. The number of ether oxygens (including phenoxy) is 3. The van der Waals surface area contributed by atoms with Gasteiger partial charge in [-0.1, -0.05) is 11.8 Å². The molecular weight excluding hydrogens is 409 g/mol. The van der Waals surface area contributed by atoms with Crippen molar-refractivity contribution >= 4 is 34.5 Å². The average molecular weight is 429 g/mol. The molecule has 1 heterocycles. The molecule has 0 saturated carbocycles. The Bertz CT molecular complexity index is 1040. The molecule has 0 bridgehead atoms. The summed E-state index contributed by atoms with van der Waals surface area (Å²) in [6, 6.07) is 10.7. The predicted octanol–water partition coefficient (Wildman–Crippen LogP) is 5.04. The maximum Gasteiger partial charge on any atom is 0.344 e. The van der Waals surface area contributed by atoms with Crippen LogP contribution in [0, 0.1) is 5.82 Å². The van der Waals surface area contributed by atoms with E-state index in [2.05, 4.69) is 4.99 Å². The number of carbonyl (C=O) groups is 1. The third-order valence-corrected chi connectivity index (χ3v) is 5.17. The van der Waals surface area contributed by atoms with Gasteiger partial charge in [-0.15, -0.1) is 0 Å². The van der Waals surface area contributed by atoms with Gasteiger partial charge in [0.25, 0.3) is 0 Å². The number of rotatable bonds is 6. The topological polar surface area (TPSA) is 77.4 Å². The molecule has 2 aromatic rings. The van der Waals surface area contributed by atoms with E-state index in [4.69, 9.17) is 14.2 Å². The third kappa shape index (κ3) is 4.65. The zero-order chi connectivity index (χ0) is 21.7. The maximum atomic E-state index is 13.2. The highest BCUT2D eigenvalue weighted by Crippen LogP contribution is 2.41. The van der Waals surface area contributed by atoms with E-state index in [0.29, 0.717) is 27.7 Å². The lowest BCUT2D eigenvalue weighted by atomic mass is 10.1. The Morgan fingerprint density at radius 1 is 1.17 bits per heavy atom. The van der Waals surface area contributed by atoms with E-state index < -0.39 is 11.8 Å². The van der Waals surface area contributed by atoms with Crippen LogP contribution in [-0.4, -0.2) is 36.9 Å². The second-order valence-electron chi connectivity index (χ2n) is 6.06. The average Bonchev–Trinajstić information content (AvgIpc) is 3.04. The highest BCUT2D eigenvalue weighted by Gasteiger charge is 2.33. The van der Waals surface area contributed by atoms with Crippen molar-refractivity contribution in [3.05, 3.63) is 70.1 Å². The molecule has 0 amide bonds. The molecule has 0 radical (unpaired) electrons. The predicted molar refractivity (Wildman–Crippen MR) is 115 cm³/mol. The zero-order valence-electron chi connectivity index (χ0n) is 16.6. The van der Waals surface area contributed by atoms with Crippen LogP contribution in [0.5, 0.6) is 11.5 Å². The first-order valence-electron chi connectivity index (χ1n) is 9.03. The number of hydrogen-bond acceptors (Lipinski definition) is 7. The molecular formula is C22H20FNO5S. The van der Waals surface area contributed by atoms with E-state index in [9.17, 15) is 14.3 Å². The minimum atomic E-state index is -0.690. The molecule has 1 aliphatic rings. The van der Waals surface area contributed by atoms with Gasteiger partial charge < -0.3 is 19.3 Å². The minimum Gasteiger partial charge on any atom is -0.506 e. The van der Waals surface area contributed by atoms with E-state index in [0.717, 1.165) is 11.8 Å². The summed E-state index contributed by atoms with van der Waals surface area (Å²) in [6.07, 6.45) is 1.67. The molecule has 0 saturated heterocycles. The number of benzene rings is 2. The van der Waals surface area contributed by atoms with E-state index in [1.807, 2.05) is 0 Å². The number of esters is 1. The van der Waals surface area contributed by atoms with Gasteiger partial charge in [-0.05, 0) is 55.5 Å². The Morgan fingerprint density at radius 3 is 2.53 bits per heavy atom. The van der Waals surface area contributed by atoms with Crippen molar-refractivity contribution in [3.8, 4) is 11.5 Å². The van der Waals surface area contributed by atoms with E-state index in [1.54, 1.807) is 38.3 Å². The summed E-state index contributed by atoms with van der Waals surface area (Å²) in [5, 5.41) is 11.0. The van der Waals surface area contributed by atoms with Gasteiger partial charge in [0, 0.05) is 5.56 Å². The molecule has 0 aromatic heterocycles. The van der Waals surface area contributed by atoms with Crippen molar-refractivity contribution in [3.63, 3.8) is 0 Å². The van der Waals surface area contributed by atoms with Crippen LogP contribution < -0.4 is 9.47 Å². The SMILES string of the molecule is CCOC(=O)C1=C(O)C(=Cc2cc(OC)ccc2OC)SC1=Nc1ccc(F)cc1. The molecule has 0 unspecified atom stereocenters. The van der Waals surface area contributed by atoms with Crippen LogP contribution in [0.15, 0.2) is 63.7 Å². The standard InChI is InChI=1S/C22H20FNO5S/c1-4-29-22(26)19-20(25)18(12-13-11-16(27-2)9-10-17(13)28-3)30-21(19)24-15-7-5-14(23)6-8-15/h5-12,25H,4H2,1-3H3. The molecule has 0 fully saturated rings. The molecule has 0 spiro atoms. The van der Waals surface area contributed by atoms with Gasteiger partial charge in [0.2, 0.25) is 0 Å². The lowest BCUT2D eigenvalue weighted by Gasteiger charge is -2.08. The second-order valence-corrected chi connectivity index (χ2v) is 7.09. The largest absolute Gasteiger partial charge is 0.506 e. The lowest BCUT2D eigenvalue weighted by molar-refractivity contribution is -0.138. The van der Waals surface area contributed by atoms with Crippen LogP contribution in [-0.2, 0) is 9.53 Å². The Morgan fingerprint density at radius 2 is 1.90 bits per heavy atom. The first-order chi connectivity index (χ1) is 14.5. The van der Waals surface area contributed by atoms with Crippen LogP contribution >= 0.6 is 11.8 Å². The number of carbonyl (C=O) groups excluding carboxylic acids is 1. The molecule has 6 nitrogen and oxygen atoms in total. The van der Waals surface area contributed by atoms with Crippen molar-refractivity contribution in [1.82, 2.24) is 0 Å². The zero-order valence-corrected chi connectivity index (χ0v) is 17.5. The molecule has 8 heteroatoms. The summed E-state index contributed by atoms with van der Waals surface area (Å²) < 4.78 is 28.9. The van der Waals surface area contributed by atoms with Crippen molar-refractivity contribution in [2.24, 2.45) is 4.99 Å². The molecule has 1 aliphatic heterocycles. The quantitative estimate of drug-likeness (QED) is 0.649. The van der Waals surface area contributed by atoms with Gasteiger partial charge in [-0.2, -0.15) is 0 Å². The molecule has 0 atom stereocenters. The van der Waals surface area contributed by atoms with Crippen molar-refractivity contribution < 1.29 is 28.5 Å². The molecule has 0 aliphatic carbocycles. The Labute approximate surface area is 177 Å². The van der Waals surface area contributed by atoms with Gasteiger partial charge in [0.1, 0.15) is 33.7 Å². The van der Waals surface area contributed by atoms with Crippen LogP contribution in [0.25, 0.3) is 6.08 Å². The van der Waals surface area contributed by atoms with Gasteiger partial charge in [0.15, 0.2) is 0 Å². The van der Waals surface area contributed by atoms with E-state index in [1.165, 1.54) is 31.4 Å². The monoisotopic (exact) mass is 429 g/mol. The summed E-state index contributed by atoms with van der Waals surface area (Å²) >= 11 is 1.10. The van der Waals surface area contributed by atoms with Crippen molar-refractivity contribution in [1.29, 1.82) is 0 Å². The lowest BCUT2D eigenvalue weighted by Crippen LogP contribution is -2.12. The Balaban J connectivity index is 2.08. The molecule has 3 rings (SSSR count). The van der Waals surface area contributed by atoms with Gasteiger partial charge in [-0.3, -0.25) is 0 Å². The number of aliphatic hydroxyl groups excluding tert-OH is 1. The smallest absolute Gasteiger partial charge is 0.344 e. The minimum absolute atomic E-state index is 0.0423. The fourth-order valence-corrected chi connectivity index (χ4v) is 3.74. The van der Waals surface area contributed by atoms with Crippen LogP contribution in [0.1, 0.15) is 12.5 Å². The highest BCUT2D eigenvalue weighted by molar-refractivity contribution is 8.18. The summed E-state index contributed by atoms with van der Waals surface area (Å²) in [4.78, 5) is 17.3. The van der Waals surface area contributed by atoms with Gasteiger partial charge >= 0.3 is 5.97 Å². The number of thioether (sulfide) groups is 1. The summed E-state index contributed by atoms with van der Waals surface area (Å²) in [7, 11) is 3.08. The summed E-state index contributed by atoms with van der Waals surface area (Å²) in [5.74, 6) is -0.153. The fraction of sp³-hybridized carbons (Fsp3) is 0.182. The van der Waals surface area contributed by atoms with Crippen molar-refractivity contribution in [2.45, 2.75) is 6.92 Å². The normalized spacial score (nSPS) is 16.3. The molecule has 156 valence electrons. The molecule has 30 heavy (non-hydrogen) atoms. The van der Waals surface area contributed by atoms with Crippen LogP contribution in [0.2, 0.25) is 0 Å². The van der Waals surface area contributed by atoms with E-state index >= 15 is 0 Å². The number of aliphatic hydroxyl groups is 1. The van der Waals surface area contributed by atoms with E-state index in [-0.39, 0.29) is 23.0 Å². The second kappa shape index (κ2) is 9.49. The molecule has 2 aromatic carbocycles. The number of nitrogens with zero attached hydrogens (tertiary/aromatic N) is 1. The number of hydrogen-bond donors (Lipinski definition) is 1. The fourth-order valence-electron chi connectivity index (χ4n) is 2.72. The van der Waals surface area contributed by atoms with Crippen LogP contribution in [0.3, 0.4) is 0 Å². The summed E-state index contributed by atoms with van der Waals surface area (Å²) in [5.41, 5.74) is 1.05. The Kier molecular flexibility index (Phi) is 6.79. The van der Waals surface area contributed by atoms with Crippen molar-refractivity contribution in [2.75, 3.05) is 20.8 Å². The first-order valence-corrected chi connectivity index (χ1v) is 9.85. The number of aliphatic imine (C=N–C) groups is 1. The highest BCUT2D eigenvalue weighted by atomic mass is 32.2. The first kappa shape index (κ1) is 21.4. The third-order valence-electron chi connectivity index (χ3n) is 4.15. The maximum absolute atomic E-state index is 13.2. The number of methoxy groups -OCH3 is 2. The Hall–Kier alpha value is -3.26. The molecule has 1 N–H and O–H groups in total.